The molecule has 1 fully saturated rings. The third kappa shape index (κ3) is 2.23. The van der Waals surface area contributed by atoms with Crippen LogP contribution >= 0.6 is 0 Å². The highest BCUT2D eigenvalue weighted by atomic mass is 19.4. The summed E-state index contributed by atoms with van der Waals surface area (Å²) < 4.78 is 42.2. The number of hydrogen-bond donors (Lipinski definition) is 2. The number of fused-ring (bicyclic) bond motifs is 1. The van der Waals surface area contributed by atoms with Crippen LogP contribution in [0.5, 0.6) is 0 Å². The van der Waals surface area contributed by atoms with E-state index in [2.05, 4.69) is 9.97 Å². The molecule has 3 rings (SSSR count). The zero-order valence-corrected chi connectivity index (χ0v) is 13.2. The highest BCUT2D eigenvalue weighted by molar-refractivity contribution is 5.79. The van der Waals surface area contributed by atoms with Crippen molar-refractivity contribution in [1.82, 2.24) is 19.1 Å². The van der Waals surface area contributed by atoms with Gasteiger partial charge in [-0.05, 0) is 6.42 Å². The van der Waals surface area contributed by atoms with Crippen LogP contribution in [-0.4, -0.2) is 49.4 Å². The van der Waals surface area contributed by atoms with Gasteiger partial charge >= 0.3 is 17.8 Å². The van der Waals surface area contributed by atoms with E-state index in [9.17, 15) is 27.6 Å². The highest BCUT2D eigenvalue weighted by Crippen LogP contribution is 2.46. The van der Waals surface area contributed by atoms with Crippen LogP contribution in [0, 0.1) is 5.41 Å². The summed E-state index contributed by atoms with van der Waals surface area (Å²) in [5.74, 6) is -1.96. The Balaban J connectivity index is 2.14. The molecule has 9 nitrogen and oxygen atoms in total. The fraction of sp³-hybridized carbons (Fsp3) is 0.538. The van der Waals surface area contributed by atoms with Gasteiger partial charge in [0.05, 0.1) is 0 Å². The van der Waals surface area contributed by atoms with E-state index in [1.54, 1.807) is 0 Å². The Morgan fingerprint density at radius 1 is 1.28 bits per heavy atom. The molecule has 136 valence electrons. The van der Waals surface area contributed by atoms with Crippen molar-refractivity contribution in [1.29, 1.82) is 0 Å². The SMILES string of the molecule is Cn1c(N2CCC(C(=O)O)(C(F)(F)F)C2)nc2c1c(=O)[nH]c(=O)n2C. The summed E-state index contributed by atoms with van der Waals surface area (Å²) in [4.78, 5) is 42.2. The minimum Gasteiger partial charge on any atom is -0.481 e. The number of carboxylic acids is 1. The topological polar surface area (TPSA) is 113 Å². The quantitative estimate of drug-likeness (QED) is 0.766. The summed E-state index contributed by atoms with van der Waals surface area (Å²) in [6.45, 7) is -1.02. The third-order valence-corrected chi connectivity index (χ3v) is 4.62. The van der Waals surface area contributed by atoms with Crippen LogP contribution in [0.1, 0.15) is 6.42 Å². The number of nitrogens with one attached hydrogen (secondary N) is 1. The Kier molecular flexibility index (Phi) is 3.48. The second kappa shape index (κ2) is 5.10. The van der Waals surface area contributed by atoms with E-state index < -0.39 is 41.8 Å². The van der Waals surface area contributed by atoms with E-state index in [0.717, 1.165) is 9.47 Å². The Labute approximate surface area is 137 Å². The van der Waals surface area contributed by atoms with Crippen LogP contribution in [-0.2, 0) is 18.9 Å². The van der Waals surface area contributed by atoms with E-state index in [1.165, 1.54) is 18.7 Å². The molecule has 2 aromatic heterocycles. The summed E-state index contributed by atoms with van der Waals surface area (Å²) in [6.07, 6.45) is -5.56. The van der Waals surface area contributed by atoms with Crippen LogP contribution in [0.4, 0.5) is 19.1 Å². The van der Waals surface area contributed by atoms with E-state index in [0.29, 0.717) is 0 Å². The van der Waals surface area contributed by atoms with Crippen molar-refractivity contribution in [3.8, 4) is 0 Å². The number of aromatic amines is 1. The molecule has 1 aliphatic rings. The van der Waals surface area contributed by atoms with E-state index in [1.807, 2.05) is 0 Å². The lowest BCUT2D eigenvalue weighted by atomic mass is 9.86. The number of carbonyl (C=O) groups is 1. The maximum Gasteiger partial charge on any atom is 0.406 e. The number of H-pyrrole nitrogens is 1. The maximum absolute atomic E-state index is 13.3. The number of nitrogens with zero attached hydrogens (tertiary/aromatic N) is 4. The summed E-state index contributed by atoms with van der Waals surface area (Å²) >= 11 is 0. The first-order chi connectivity index (χ1) is 11.5. The fourth-order valence-electron chi connectivity index (χ4n) is 3.09. The molecule has 0 spiro atoms. The predicted octanol–water partition coefficient (Wildman–Crippen LogP) is -0.196. The summed E-state index contributed by atoms with van der Waals surface area (Å²) in [5, 5.41) is 9.12. The first kappa shape index (κ1) is 17.0. The van der Waals surface area contributed by atoms with Gasteiger partial charge in [0.15, 0.2) is 16.6 Å². The number of hydrogen-bond acceptors (Lipinski definition) is 5. The zero-order valence-electron chi connectivity index (χ0n) is 13.2. The van der Waals surface area contributed by atoms with Gasteiger partial charge in [-0.3, -0.25) is 19.1 Å². The molecule has 25 heavy (non-hydrogen) atoms. The molecule has 0 aromatic carbocycles. The van der Waals surface area contributed by atoms with Gasteiger partial charge < -0.3 is 14.6 Å². The number of aryl methyl sites for hydroxylation is 2. The van der Waals surface area contributed by atoms with Gasteiger partial charge in [0.2, 0.25) is 5.95 Å². The number of alkyl halides is 3. The molecule has 1 unspecified atom stereocenters. The summed E-state index contributed by atoms with van der Waals surface area (Å²) in [5.41, 5.74) is -4.32. The minimum absolute atomic E-state index is 0.00549. The molecule has 1 saturated heterocycles. The van der Waals surface area contributed by atoms with Crippen molar-refractivity contribution in [3.63, 3.8) is 0 Å². The number of anilines is 1. The van der Waals surface area contributed by atoms with Crippen molar-refractivity contribution in [2.75, 3.05) is 18.0 Å². The molecule has 0 radical (unpaired) electrons. The molecular formula is C13H14F3N5O4. The van der Waals surface area contributed by atoms with Crippen LogP contribution in [0.2, 0.25) is 0 Å². The Morgan fingerprint density at radius 2 is 1.92 bits per heavy atom. The molecule has 3 heterocycles. The van der Waals surface area contributed by atoms with Gasteiger partial charge in [0, 0.05) is 27.2 Å². The number of aliphatic carboxylic acids is 1. The fourth-order valence-corrected chi connectivity index (χ4v) is 3.09. The molecule has 1 aliphatic heterocycles. The number of carboxylic acid groups (broad SMARTS) is 1. The standard InChI is InChI=1S/C13H14F3N5O4/c1-19-6-7(20(2)11(25)18-8(6)22)17-10(19)21-4-3-12(5-21,9(23)24)13(14,15)16/h3-5H2,1-2H3,(H,23,24)(H,18,22,25). The van der Waals surface area contributed by atoms with Gasteiger partial charge in [-0.15, -0.1) is 0 Å². The molecule has 0 bridgehead atoms. The lowest BCUT2D eigenvalue weighted by Crippen LogP contribution is -2.47. The van der Waals surface area contributed by atoms with E-state index in [4.69, 9.17) is 5.11 Å². The van der Waals surface area contributed by atoms with Crippen molar-refractivity contribution in [2.24, 2.45) is 19.5 Å². The molecule has 0 saturated carbocycles. The predicted molar refractivity (Wildman–Crippen MR) is 79.5 cm³/mol. The van der Waals surface area contributed by atoms with Crippen molar-refractivity contribution < 1.29 is 23.1 Å². The minimum atomic E-state index is -4.93. The van der Waals surface area contributed by atoms with Crippen LogP contribution < -0.4 is 16.1 Å². The Bertz CT molecular complexity index is 988. The molecule has 2 N–H and O–H groups in total. The monoisotopic (exact) mass is 361 g/mol. The Hall–Kier alpha value is -2.79. The van der Waals surface area contributed by atoms with E-state index in [-0.39, 0.29) is 23.7 Å². The summed E-state index contributed by atoms with van der Waals surface area (Å²) in [7, 11) is 2.78. The van der Waals surface area contributed by atoms with Gasteiger partial charge in [-0.25, -0.2) is 4.79 Å². The molecule has 12 heteroatoms. The molecule has 0 amide bonds. The van der Waals surface area contributed by atoms with Crippen molar-refractivity contribution in [3.05, 3.63) is 20.8 Å². The molecular weight excluding hydrogens is 347 g/mol. The molecule has 2 aromatic rings. The van der Waals surface area contributed by atoms with Crippen molar-refractivity contribution in [2.45, 2.75) is 12.6 Å². The average Bonchev–Trinajstić information content (AvgIpc) is 3.07. The van der Waals surface area contributed by atoms with Gasteiger partial charge in [0.1, 0.15) is 0 Å². The number of imidazole rings is 1. The van der Waals surface area contributed by atoms with Crippen molar-refractivity contribution >= 4 is 23.1 Å². The van der Waals surface area contributed by atoms with Gasteiger partial charge in [0.25, 0.3) is 5.56 Å². The summed E-state index contributed by atoms with van der Waals surface area (Å²) in [6, 6.07) is 0. The first-order valence-corrected chi connectivity index (χ1v) is 7.20. The van der Waals surface area contributed by atoms with Crippen LogP contribution in [0.25, 0.3) is 11.2 Å². The molecule has 1 atom stereocenters. The largest absolute Gasteiger partial charge is 0.481 e. The normalized spacial score (nSPS) is 21.2. The second-order valence-corrected chi connectivity index (χ2v) is 6.02. The Morgan fingerprint density at radius 3 is 2.44 bits per heavy atom. The van der Waals surface area contributed by atoms with E-state index >= 15 is 0 Å². The number of rotatable bonds is 2. The van der Waals surface area contributed by atoms with Crippen LogP contribution in [0.3, 0.4) is 0 Å². The average molecular weight is 361 g/mol. The van der Waals surface area contributed by atoms with Crippen LogP contribution in [0.15, 0.2) is 9.59 Å². The number of halogens is 3. The molecule has 0 aliphatic carbocycles. The number of aromatic nitrogens is 4. The lowest BCUT2D eigenvalue weighted by Gasteiger charge is -2.27. The third-order valence-electron chi connectivity index (χ3n) is 4.62. The first-order valence-electron chi connectivity index (χ1n) is 7.20. The highest BCUT2D eigenvalue weighted by Gasteiger charge is 2.64. The van der Waals surface area contributed by atoms with Gasteiger partial charge in [-0.2, -0.15) is 18.2 Å². The second-order valence-electron chi connectivity index (χ2n) is 6.02. The zero-order chi connectivity index (χ0) is 18.7. The smallest absolute Gasteiger partial charge is 0.406 e. The lowest BCUT2D eigenvalue weighted by molar-refractivity contribution is -0.225. The van der Waals surface area contributed by atoms with Gasteiger partial charge in [-0.1, -0.05) is 0 Å². The maximum atomic E-state index is 13.3.